The minimum Gasteiger partial charge on any atom is -0.467 e. The summed E-state index contributed by atoms with van der Waals surface area (Å²) in [6.07, 6.45) is 0. The van der Waals surface area contributed by atoms with Crippen LogP contribution in [0.3, 0.4) is 0 Å². The smallest absolute Gasteiger partial charge is 0.328 e. The van der Waals surface area contributed by atoms with E-state index in [1.807, 2.05) is 20.8 Å². The fourth-order valence-corrected chi connectivity index (χ4v) is 1.51. The van der Waals surface area contributed by atoms with Gasteiger partial charge in [-0.2, -0.15) is 0 Å². The van der Waals surface area contributed by atoms with Crippen molar-refractivity contribution in [3.63, 3.8) is 0 Å². The number of methoxy groups -OCH3 is 1. The van der Waals surface area contributed by atoms with Crippen LogP contribution in [0.5, 0.6) is 0 Å². The van der Waals surface area contributed by atoms with E-state index in [9.17, 15) is 4.79 Å². The minimum absolute atomic E-state index is 0.154. The van der Waals surface area contributed by atoms with Crippen molar-refractivity contribution in [3.8, 4) is 0 Å². The van der Waals surface area contributed by atoms with Gasteiger partial charge in [-0.25, -0.2) is 20.6 Å². The number of aromatic nitrogens is 2. The van der Waals surface area contributed by atoms with Gasteiger partial charge in [0.05, 0.1) is 7.11 Å². The molecule has 0 bridgehead atoms. The lowest BCUT2D eigenvalue weighted by molar-refractivity contribution is -0.141. The SMILES string of the molecule is COC(=O)C(C)Nc1nc(C(C)C)nc(NN)c1C. The van der Waals surface area contributed by atoms with E-state index in [4.69, 9.17) is 5.84 Å². The van der Waals surface area contributed by atoms with Gasteiger partial charge in [0.15, 0.2) is 0 Å². The summed E-state index contributed by atoms with van der Waals surface area (Å²) in [4.78, 5) is 20.2. The van der Waals surface area contributed by atoms with E-state index in [0.717, 1.165) is 5.56 Å². The fourth-order valence-electron chi connectivity index (χ4n) is 1.51. The van der Waals surface area contributed by atoms with E-state index < -0.39 is 6.04 Å². The Labute approximate surface area is 112 Å². The summed E-state index contributed by atoms with van der Waals surface area (Å²) in [5, 5.41) is 3.01. The van der Waals surface area contributed by atoms with Crippen LogP contribution in [0, 0.1) is 6.92 Å². The van der Waals surface area contributed by atoms with Crippen LogP contribution >= 0.6 is 0 Å². The van der Waals surface area contributed by atoms with Crippen molar-refractivity contribution in [1.29, 1.82) is 0 Å². The van der Waals surface area contributed by atoms with E-state index in [1.54, 1.807) is 6.92 Å². The van der Waals surface area contributed by atoms with E-state index in [-0.39, 0.29) is 11.9 Å². The first kappa shape index (κ1) is 15.2. The number of rotatable bonds is 5. The highest BCUT2D eigenvalue weighted by atomic mass is 16.5. The quantitative estimate of drug-likeness (QED) is 0.418. The van der Waals surface area contributed by atoms with Crippen molar-refractivity contribution in [3.05, 3.63) is 11.4 Å². The van der Waals surface area contributed by atoms with Gasteiger partial charge in [-0.15, -0.1) is 0 Å². The number of nitrogen functional groups attached to an aromatic ring is 1. The van der Waals surface area contributed by atoms with Gasteiger partial charge in [-0.05, 0) is 13.8 Å². The van der Waals surface area contributed by atoms with Crippen LogP contribution in [-0.2, 0) is 9.53 Å². The number of carbonyl (C=O) groups is 1. The second kappa shape index (κ2) is 6.33. The van der Waals surface area contributed by atoms with Crippen LogP contribution < -0.4 is 16.6 Å². The molecule has 0 fully saturated rings. The van der Waals surface area contributed by atoms with Crippen molar-refractivity contribution in [2.24, 2.45) is 5.84 Å². The molecule has 1 rings (SSSR count). The number of hydrogen-bond acceptors (Lipinski definition) is 7. The maximum absolute atomic E-state index is 11.4. The monoisotopic (exact) mass is 267 g/mol. The van der Waals surface area contributed by atoms with Crippen LogP contribution in [0.15, 0.2) is 0 Å². The first-order valence-corrected chi connectivity index (χ1v) is 6.10. The lowest BCUT2D eigenvalue weighted by Gasteiger charge is -2.17. The molecule has 0 saturated carbocycles. The summed E-state index contributed by atoms with van der Waals surface area (Å²) in [7, 11) is 1.35. The number of hydrazine groups is 1. The van der Waals surface area contributed by atoms with Crippen LogP contribution in [0.25, 0.3) is 0 Å². The lowest BCUT2D eigenvalue weighted by Crippen LogP contribution is -2.28. The number of ether oxygens (including phenoxy) is 1. The largest absolute Gasteiger partial charge is 0.467 e. The topological polar surface area (TPSA) is 102 Å². The molecular formula is C12H21N5O2. The van der Waals surface area contributed by atoms with E-state index >= 15 is 0 Å². The summed E-state index contributed by atoms with van der Waals surface area (Å²) in [6, 6.07) is -0.496. The molecule has 0 saturated heterocycles. The van der Waals surface area contributed by atoms with Gasteiger partial charge < -0.3 is 15.5 Å². The first-order chi connectivity index (χ1) is 8.90. The fraction of sp³-hybridized carbons (Fsp3) is 0.583. The van der Waals surface area contributed by atoms with E-state index in [2.05, 4.69) is 25.4 Å². The number of nitrogens with two attached hydrogens (primary N) is 1. The molecule has 0 spiro atoms. The third-order valence-electron chi connectivity index (χ3n) is 2.72. The molecule has 1 unspecified atom stereocenters. The zero-order chi connectivity index (χ0) is 14.6. The first-order valence-electron chi connectivity index (χ1n) is 6.10. The van der Waals surface area contributed by atoms with E-state index in [1.165, 1.54) is 7.11 Å². The second-order valence-corrected chi connectivity index (χ2v) is 4.59. The Morgan fingerprint density at radius 3 is 2.32 bits per heavy atom. The normalized spacial score (nSPS) is 12.2. The number of anilines is 2. The highest BCUT2D eigenvalue weighted by Crippen LogP contribution is 2.23. The van der Waals surface area contributed by atoms with Crippen LogP contribution in [0.1, 0.15) is 38.1 Å². The van der Waals surface area contributed by atoms with Crippen molar-refractivity contribution < 1.29 is 9.53 Å². The van der Waals surface area contributed by atoms with Crippen LogP contribution in [0.2, 0.25) is 0 Å². The highest BCUT2D eigenvalue weighted by Gasteiger charge is 2.18. The molecule has 1 aromatic rings. The zero-order valence-electron chi connectivity index (χ0n) is 11.9. The molecule has 0 aliphatic rings. The molecule has 1 atom stereocenters. The summed E-state index contributed by atoms with van der Waals surface area (Å²) in [5.41, 5.74) is 3.29. The average Bonchev–Trinajstić information content (AvgIpc) is 2.39. The number of hydrogen-bond donors (Lipinski definition) is 3. The molecule has 1 aromatic heterocycles. The van der Waals surface area contributed by atoms with Crippen molar-refractivity contribution >= 4 is 17.6 Å². The van der Waals surface area contributed by atoms with Gasteiger partial charge in [-0.3, -0.25) is 0 Å². The molecule has 106 valence electrons. The lowest BCUT2D eigenvalue weighted by atomic mass is 10.2. The van der Waals surface area contributed by atoms with Crippen LogP contribution in [-0.4, -0.2) is 29.1 Å². The Morgan fingerprint density at radius 1 is 1.26 bits per heavy atom. The molecule has 4 N–H and O–H groups in total. The zero-order valence-corrected chi connectivity index (χ0v) is 11.9. The van der Waals surface area contributed by atoms with Gasteiger partial charge in [-0.1, -0.05) is 13.8 Å². The summed E-state index contributed by atoms with van der Waals surface area (Å²) >= 11 is 0. The maximum Gasteiger partial charge on any atom is 0.328 e. The van der Waals surface area contributed by atoms with Crippen molar-refractivity contribution in [2.45, 2.75) is 39.7 Å². The molecule has 0 amide bonds. The molecule has 0 aromatic carbocycles. The number of carbonyl (C=O) groups excluding carboxylic acids is 1. The Morgan fingerprint density at radius 2 is 1.84 bits per heavy atom. The predicted molar refractivity (Wildman–Crippen MR) is 73.8 cm³/mol. The molecule has 7 heteroatoms. The maximum atomic E-state index is 11.4. The summed E-state index contributed by atoms with van der Waals surface area (Å²) < 4.78 is 4.67. The van der Waals surface area contributed by atoms with E-state index in [0.29, 0.717) is 17.5 Å². The Hall–Kier alpha value is -1.89. The number of esters is 1. The predicted octanol–water partition coefficient (Wildman–Crippen LogP) is 1.17. The van der Waals surface area contributed by atoms with Gasteiger partial charge in [0.2, 0.25) is 0 Å². The molecule has 0 radical (unpaired) electrons. The number of nitrogens with one attached hydrogen (secondary N) is 2. The Balaban J connectivity index is 3.11. The average molecular weight is 267 g/mol. The molecule has 19 heavy (non-hydrogen) atoms. The van der Waals surface area contributed by atoms with Crippen LogP contribution in [0.4, 0.5) is 11.6 Å². The Kier molecular flexibility index (Phi) is 5.05. The molecule has 0 aliphatic heterocycles. The molecule has 0 aliphatic carbocycles. The third kappa shape index (κ3) is 3.54. The summed E-state index contributed by atoms with van der Waals surface area (Å²) in [5.74, 6) is 7.01. The Bertz CT molecular complexity index is 462. The van der Waals surface area contributed by atoms with Gasteiger partial charge in [0.1, 0.15) is 23.5 Å². The summed E-state index contributed by atoms with van der Waals surface area (Å²) in [6.45, 7) is 7.50. The molecule has 7 nitrogen and oxygen atoms in total. The van der Waals surface area contributed by atoms with Gasteiger partial charge in [0, 0.05) is 11.5 Å². The van der Waals surface area contributed by atoms with Crippen molar-refractivity contribution in [2.75, 3.05) is 17.9 Å². The highest BCUT2D eigenvalue weighted by molar-refractivity contribution is 5.78. The molecular weight excluding hydrogens is 246 g/mol. The van der Waals surface area contributed by atoms with Gasteiger partial charge >= 0.3 is 5.97 Å². The second-order valence-electron chi connectivity index (χ2n) is 4.59. The molecule has 1 heterocycles. The standard InChI is InChI=1S/C12H21N5O2/c1-6(2)9-15-10(7(3)11(16-9)17-13)14-8(4)12(18)19-5/h6,8H,13H2,1-5H3,(H2,14,15,16,17). The van der Waals surface area contributed by atoms with Gasteiger partial charge in [0.25, 0.3) is 0 Å². The van der Waals surface area contributed by atoms with Crippen molar-refractivity contribution in [1.82, 2.24) is 9.97 Å². The number of nitrogens with zero attached hydrogens (tertiary/aromatic N) is 2. The third-order valence-corrected chi connectivity index (χ3v) is 2.72. The minimum atomic E-state index is -0.496.